The summed E-state index contributed by atoms with van der Waals surface area (Å²) in [6.45, 7) is 1.90. The van der Waals surface area contributed by atoms with Crippen molar-refractivity contribution < 1.29 is 14.3 Å². The molecule has 0 bridgehead atoms. The van der Waals surface area contributed by atoms with Crippen molar-refractivity contribution in [2.24, 2.45) is 5.10 Å². The van der Waals surface area contributed by atoms with Gasteiger partial charge in [0.2, 0.25) is 0 Å². The molecule has 0 fully saturated rings. The van der Waals surface area contributed by atoms with E-state index in [1.807, 2.05) is 0 Å². The van der Waals surface area contributed by atoms with E-state index < -0.39 is 11.8 Å². The van der Waals surface area contributed by atoms with Crippen LogP contribution in [0.25, 0.3) is 6.08 Å². The third-order valence-corrected chi connectivity index (χ3v) is 5.82. The van der Waals surface area contributed by atoms with E-state index in [4.69, 9.17) is 39.5 Å². The average Bonchev–Trinajstić information content (AvgIpc) is 3.08. The van der Waals surface area contributed by atoms with Crippen LogP contribution in [0.3, 0.4) is 0 Å². The van der Waals surface area contributed by atoms with Crippen molar-refractivity contribution in [2.75, 3.05) is 0 Å². The number of imide groups is 1. The number of hydrogen-bond acceptors (Lipinski definition) is 4. The Kier molecular flexibility index (Phi) is 6.84. The summed E-state index contributed by atoms with van der Waals surface area (Å²) in [7, 11) is 0. The van der Waals surface area contributed by atoms with Crippen LogP contribution in [0, 0.1) is 0 Å². The average molecular weight is 500 g/mol. The van der Waals surface area contributed by atoms with Gasteiger partial charge in [-0.1, -0.05) is 65.1 Å². The fourth-order valence-electron chi connectivity index (χ4n) is 3.21. The number of hydrazone groups is 1. The number of nitrogens with zero attached hydrogens (tertiary/aromatic N) is 2. The van der Waals surface area contributed by atoms with Crippen molar-refractivity contribution in [1.29, 1.82) is 0 Å². The van der Waals surface area contributed by atoms with Gasteiger partial charge >= 0.3 is 0 Å². The lowest BCUT2D eigenvalue weighted by Crippen LogP contribution is -2.29. The molecule has 5 nitrogen and oxygen atoms in total. The Balaban J connectivity index is 1.50. The maximum absolute atomic E-state index is 12.8. The molecule has 0 spiro atoms. The van der Waals surface area contributed by atoms with Gasteiger partial charge in [0, 0.05) is 21.2 Å². The van der Waals surface area contributed by atoms with Crippen LogP contribution in [0.5, 0.6) is 5.75 Å². The molecule has 166 valence electrons. The van der Waals surface area contributed by atoms with Crippen LogP contribution in [0.1, 0.15) is 28.4 Å². The highest BCUT2D eigenvalue weighted by atomic mass is 35.5. The SMILES string of the molecule is CC1=NN(C(=O)c2ccccc2)C(=O)/C1=C/c1ccc(OCc2ccc(Cl)cc2Cl)c(Cl)c1. The Bertz CT molecular complexity index is 1300. The zero-order valence-corrected chi connectivity index (χ0v) is 19.7. The van der Waals surface area contributed by atoms with Crippen LogP contribution in [-0.4, -0.2) is 22.5 Å². The predicted molar refractivity (Wildman–Crippen MR) is 131 cm³/mol. The van der Waals surface area contributed by atoms with E-state index in [1.54, 1.807) is 79.7 Å². The third kappa shape index (κ3) is 5.11. The van der Waals surface area contributed by atoms with Gasteiger partial charge < -0.3 is 4.74 Å². The van der Waals surface area contributed by atoms with Gasteiger partial charge in [0.15, 0.2) is 0 Å². The number of carbonyl (C=O) groups is 2. The van der Waals surface area contributed by atoms with Crippen molar-refractivity contribution in [3.8, 4) is 5.75 Å². The summed E-state index contributed by atoms with van der Waals surface area (Å²) >= 11 is 18.5. The fraction of sp³-hybridized carbons (Fsp3) is 0.0800. The molecule has 1 heterocycles. The van der Waals surface area contributed by atoms with Crippen LogP contribution in [0.2, 0.25) is 15.1 Å². The van der Waals surface area contributed by atoms with Gasteiger partial charge in [-0.2, -0.15) is 10.1 Å². The van der Waals surface area contributed by atoms with Crippen LogP contribution in [0.15, 0.2) is 77.4 Å². The summed E-state index contributed by atoms with van der Waals surface area (Å²) in [4.78, 5) is 25.5. The van der Waals surface area contributed by atoms with Gasteiger partial charge in [-0.15, -0.1) is 0 Å². The van der Waals surface area contributed by atoms with Gasteiger partial charge in [-0.05, 0) is 55.0 Å². The molecule has 33 heavy (non-hydrogen) atoms. The second-order valence-electron chi connectivity index (χ2n) is 7.25. The molecule has 0 radical (unpaired) electrons. The first-order chi connectivity index (χ1) is 15.8. The lowest BCUT2D eigenvalue weighted by molar-refractivity contribution is -0.123. The Labute approximate surface area is 205 Å². The van der Waals surface area contributed by atoms with Crippen LogP contribution in [-0.2, 0) is 11.4 Å². The van der Waals surface area contributed by atoms with Gasteiger partial charge in [0.1, 0.15) is 12.4 Å². The second kappa shape index (κ2) is 9.79. The molecule has 0 aromatic heterocycles. The molecule has 1 aliphatic rings. The number of hydrogen-bond donors (Lipinski definition) is 0. The van der Waals surface area contributed by atoms with Gasteiger partial charge in [-0.3, -0.25) is 9.59 Å². The van der Waals surface area contributed by atoms with Crippen molar-refractivity contribution in [2.45, 2.75) is 13.5 Å². The highest BCUT2D eigenvalue weighted by Gasteiger charge is 2.32. The summed E-state index contributed by atoms with van der Waals surface area (Å²) in [5, 5.41) is 6.44. The monoisotopic (exact) mass is 498 g/mol. The van der Waals surface area contributed by atoms with E-state index in [9.17, 15) is 9.59 Å². The molecule has 3 aromatic carbocycles. The minimum absolute atomic E-state index is 0.219. The zero-order chi connectivity index (χ0) is 23.5. The fourth-order valence-corrected chi connectivity index (χ4v) is 3.92. The smallest absolute Gasteiger partial charge is 0.283 e. The van der Waals surface area contributed by atoms with E-state index in [0.29, 0.717) is 43.2 Å². The number of ether oxygens (including phenoxy) is 1. The van der Waals surface area contributed by atoms with E-state index in [0.717, 1.165) is 10.6 Å². The van der Waals surface area contributed by atoms with E-state index in [-0.39, 0.29) is 6.61 Å². The second-order valence-corrected chi connectivity index (χ2v) is 8.50. The third-order valence-electron chi connectivity index (χ3n) is 4.94. The first-order valence-corrected chi connectivity index (χ1v) is 11.0. The molecule has 3 aromatic rings. The summed E-state index contributed by atoms with van der Waals surface area (Å²) < 4.78 is 5.78. The van der Waals surface area contributed by atoms with E-state index >= 15 is 0 Å². The molecule has 0 N–H and O–H groups in total. The normalized spacial score (nSPS) is 14.5. The summed E-state index contributed by atoms with van der Waals surface area (Å²) in [6.07, 6.45) is 1.64. The molecular formula is C25H17Cl3N2O3. The first kappa shape index (κ1) is 23.1. The van der Waals surface area contributed by atoms with Crippen LogP contribution < -0.4 is 4.74 Å². The molecule has 0 unspecified atom stereocenters. The van der Waals surface area contributed by atoms with Crippen molar-refractivity contribution in [1.82, 2.24) is 5.01 Å². The first-order valence-electron chi connectivity index (χ1n) is 9.91. The van der Waals surface area contributed by atoms with Gasteiger partial charge in [-0.25, -0.2) is 0 Å². The van der Waals surface area contributed by atoms with E-state index in [2.05, 4.69) is 5.10 Å². The van der Waals surface area contributed by atoms with E-state index in [1.165, 1.54) is 0 Å². The lowest BCUT2D eigenvalue weighted by atomic mass is 10.1. The van der Waals surface area contributed by atoms with Gasteiger partial charge in [0.25, 0.3) is 11.8 Å². The molecule has 0 saturated carbocycles. The van der Waals surface area contributed by atoms with Crippen LogP contribution >= 0.6 is 34.8 Å². The minimum Gasteiger partial charge on any atom is -0.487 e. The molecule has 2 amide bonds. The molecule has 0 atom stereocenters. The Morgan fingerprint density at radius 1 is 1.00 bits per heavy atom. The largest absolute Gasteiger partial charge is 0.487 e. The molecular weight excluding hydrogens is 483 g/mol. The van der Waals surface area contributed by atoms with Crippen molar-refractivity contribution in [3.05, 3.63) is 104 Å². The Morgan fingerprint density at radius 3 is 2.45 bits per heavy atom. The summed E-state index contributed by atoms with van der Waals surface area (Å²) in [6, 6.07) is 18.8. The van der Waals surface area contributed by atoms with Crippen molar-refractivity contribution in [3.63, 3.8) is 0 Å². The Morgan fingerprint density at radius 2 is 1.76 bits per heavy atom. The maximum atomic E-state index is 12.8. The van der Waals surface area contributed by atoms with Gasteiger partial charge in [0.05, 0.1) is 16.3 Å². The summed E-state index contributed by atoms with van der Waals surface area (Å²) in [5.74, 6) is -0.505. The zero-order valence-electron chi connectivity index (χ0n) is 17.4. The molecule has 1 aliphatic heterocycles. The highest BCUT2D eigenvalue weighted by Crippen LogP contribution is 2.30. The quantitative estimate of drug-likeness (QED) is 0.291. The molecule has 0 saturated heterocycles. The molecule has 0 aliphatic carbocycles. The molecule has 8 heteroatoms. The maximum Gasteiger partial charge on any atom is 0.283 e. The highest BCUT2D eigenvalue weighted by molar-refractivity contribution is 6.35. The van der Waals surface area contributed by atoms with Crippen molar-refractivity contribution >= 4 is 58.4 Å². The number of carbonyl (C=O) groups excluding carboxylic acids is 2. The topological polar surface area (TPSA) is 59.0 Å². The number of halogens is 3. The number of rotatable bonds is 5. The minimum atomic E-state index is -0.491. The number of amides is 2. The predicted octanol–water partition coefficient (Wildman–Crippen LogP) is 6.67. The standard InChI is InChI=1S/C25H17Cl3N2O3/c1-15-20(25(32)30(29-15)24(31)17-5-3-2-4-6-17)11-16-7-10-23(22(28)12-16)33-14-18-8-9-19(26)13-21(18)27/h2-13H,14H2,1H3/b20-11+. The Hall–Kier alpha value is -3.12. The lowest BCUT2D eigenvalue weighted by Gasteiger charge is -2.11. The molecule has 4 rings (SSSR count). The van der Waals surface area contributed by atoms with Crippen LogP contribution in [0.4, 0.5) is 0 Å². The number of benzene rings is 3. The summed E-state index contributed by atoms with van der Waals surface area (Å²) in [5.41, 5.74) is 2.59.